The van der Waals surface area contributed by atoms with Crippen LogP contribution in [0.4, 0.5) is 17.1 Å². The fourth-order valence-corrected chi connectivity index (χ4v) is 2.87. The number of anilines is 3. The molecule has 2 rings (SSSR count). The molecule has 5 heteroatoms. The lowest BCUT2D eigenvalue weighted by atomic mass is 10.2. The third kappa shape index (κ3) is 3.10. The second kappa shape index (κ2) is 5.39. The third-order valence-corrected chi connectivity index (χ3v) is 3.43. The summed E-state index contributed by atoms with van der Waals surface area (Å²) < 4.78 is 0.993. The summed E-state index contributed by atoms with van der Waals surface area (Å²) in [5.41, 5.74) is 8.91. The maximum absolute atomic E-state index is 6.13. The number of nitrogen functional groups attached to an aromatic ring is 1. The summed E-state index contributed by atoms with van der Waals surface area (Å²) >= 11 is 15.7. The first-order chi connectivity index (χ1) is 8.45. The maximum atomic E-state index is 6.13. The molecule has 18 heavy (non-hydrogen) atoms. The van der Waals surface area contributed by atoms with Gasteiger partial charge >= 0.3 is 0 Å². The van der Waals surface area contributed by atoms with Gasteiger partial charge in [0.1, 0.15) is 0 Å². The van der Waals surface area contributed by atoms with Crippen molar-refractivity contribution in [2.45, 2.75) is 6.92 Å². The fourth-order valence-electron chi connectivity index (χ4n) is 1.66. The monoisotopic (exact) mass is 344 g/mol. The third-order valence-electron chi connectivity index (χ3n) is 2.38. The number of aryl methyl sites for hydroxylation is 1. The quantitative estimate of drug-likeness (QED) is 0.716. The Kier molecular flexibility index (Phi) is 4.05. The predicted molar refractivity (Wildman–Crippen MR) is 83.0 cm³/mol. The SMILES string of the molecule is Cc1cc(Br)cc(Nc2c(Cl)cc(N)cc2Cl)c1. The van der Waals surface area contributed by atoms with Crippen molar-refractivity contribution < 1.29 is 0 Å². The van der Waals surface area contributed by atoms with Gasteiger partial charge < -0.3 is 11.1 Å². The molecule has 0 aliphatic carbocycles. The summed E-state index contributed by atoms with van der Waals surface area (Å²) in [4.78, 5) is 0. The highest BCUT2D eigenvalue weighted by molar-refractivity contribution is 9.10. The van der Waals surface area contributed by atoms with Crippen LogP contribution in [0.5, 0.6) is 0 Å². The molecule has 0 saturated heterocycles. The first-order valence-corrected chi connectivity index (χ1v) is 6.79. The Hall–Kier alpha value is -0.900. The van der Waals surface area contributed by atoms with Gasteiger partial charge in [0, 0.05) is 15.8 Å². The van der Waals surface area contributed by atoms with Gasteiger partial charge in [0.25, 0.3) is 0 Å². The van der Waals surface area contributed by atoms with Crippen molar-refractivity contribution in [1.29, 1.82) is 0 Å². The average Bonchev–Trinajstić information content (AvgIpc) is 2.22. The molecule has 3 N–H and O–H groups in total. The van der Waals surface area contributed by atoms with Crippen LogP contribution >= 0.6 is 39.1 Å². The molecule has 0 fully saturated rings. The largest absolute Gasteiger partial charge is 0.399 e. The van der Waals surface area contributed by atoms with Crippen molar-refractivity contribution in [2.24, 2.45) is 0 Å². The van der Waals surface area contributed by atoms with Crippen LogP contribution in [0, 0.1) is 6.92 Å². The maximum Gasteiger partial charge on any atom is 0.0764 e. The van der Waals surface area contributed by atoms with Gasteiger partial charge in [0.05, 0.1) is 15.7 Å². The minimum atomic E-state index is 0.498. The van der Waals surface area contributed by atoms with E-state index in [0.29, 0.717) is 21.4 Å². The molecule has 0 aromatic heterocycles. The van der Waals surface area contributed by atoms with E-state index in [1.807, 2.05) is 25.1 Å². The van der Waals surface area contributed by atoms with E-state index >= 15 is 0 Å². The van der Waals surface area contributed by atoms with E-state index in [1.165, 1.54) is 0 Å². The molecule has 2 aromatic carbocycles. The van der Waals surface area contributed by atoms with E-state index in [2.05, 4.69) is 21.2 Å². The molecule has 0 saturated carbocycles. The van der Waals surface area contributed by atoms with E-state index < -0.39 is 0 Å². The summed E-state index contributed by atoms with van der Waals surface area (Å²) in [6.45, 7) is 2.02. The van der Waals surface area contributed by atoms with Gasteiger partial charge in [0.15, 0.2) is 0 Å². The Balaban J connectivity index is 2.40. The second-order valence-corrected chi connectivity index (χ2v) is 5.73. The summed E-state index contributed by atoms with van der Waals surface area (Å²) in [6.07, 6.45) is 0. The molecule has 0 heterocycles. The zero-order valence-corrected chi connectivity index (χ0v) is 12.7. The predicted octanol–water partition coefficient (Wildman–Crippen LogP) is 5.39. The molecular formula is C13H11BrCl2N2. The number of benzene rings is 2. The Labute approximate surface area is 124 Å². The van der Waals surface area contributed by atoms with Gasteiger partial charge in [-0.3, -0.25) is 0 Å². The molecule has 2 nitrogen and oxygen atoms in total. The van der Waals surface area contributed by atoms with Gasteiger partial charge in [-0.05, 0) is 42.8 Å². The van der Waals surface area contributed by atoms with Crippen molar-refractivity contribution in [3.05, 3.63) is 50.4 Å². The van der Waals surface area contributed by atoms with Crippen LogP contribution in [-0.4, -0.2) is 0 Å². The molecule has 0 atom stereocenters. The number of hydrogen-bond acceptors (Lipinski definition) is 2. The number of hydrogen-bond donors (Lipinski definition) is 2. The number of nitrogens with two attached hydrogens (primary N) is 1. The van der Waals surface area contributed by atoms with Crippen LogP contribution in [0.2, 0.25) is 10.0 Å². The van der Waals surface area contributed by atoms with Crippen molar-refractivity contribution >= 4 is 56.2 Å². The van der Waals surface area contributed by atoms with E-state index in [1.54, 1.807) is 12.1 Å². The zero-order chi connectivity index (χ0) is 13.3. The van der Waals surface area contributed by atoms with E-state index in [4.69, 9.17) is 28.9 Å². The lowest BCUT2D eigenvalue weighted by Crippen LogP contribution is -1.95. The Morgan fingerprint density at radius 3 is 2.22 bits per heavy atom. The summed E-state index contributed by atoms with van der Waals surface area (Å²) in [7, 11) is 0. The van der Waals surface area contributed by atoms with Crippen LogP contribution in [0.15, 0.2) is 34.8 Å². The van der Waals surface area contributed by atoms with E-state index in [9.17, 15) is 0 Å². The summed E-state index contributed by atoms with van der Waals surface area (Å²) in [5.74, 6) is 0. The van der Waals surface area contributed by atoms with Gasteiger partial charge in [-0.1, -0.05) is 39.1 Å². The van der Waals surface area contributed by atoms with Gasteiger partial charge in [0.2, 0.25) is 0 Å². The van der Waals surface area contributed by atoms with Crippen LogP contribution < -0.4 is 11.1 Å². The highest BCUT2D eigenvalue weighted by atomic mass is 79.9. The Morgan fingerprint density at radius 1 is 1.06 bits per heavy atom. The van der Waals surface area contributed by atoms with Crippen LogP contribution in [0.3, 0.4) is 0 Å². The lowest BCUT2D eigenvalue weighted by molar-refractivity contribution is 1.43. The molecule has 0 spiro atoms. The molecule has 0 aliphatic rings. The minimum absolute atomic E-state index is 0.498. The Morgan fingerprint density at radius 2 is 1.67 bits per heavy atom. The number of nitrogens with one attached hydrogen (secondary N) is 1. The minimum Gasteiger partial charge on any atom is -0.399 e. The van der Waals surface area contributed by atoms with Crippen molar-refractivity contribution in [3.63, 3.8) is 0 Å². The first kappa shape index (κ1) is 13.5. The smallest absolute Gasteiger partial charge is 0.0764 e. The average molecular weight is 346 g/mol. The van der Waals surface area contributed by atoms with Gasteiger partial charge in [-0.15, -0.1) is 0 Å². The molecule has 0 bridgehead atoms. The van der Waals surface area contributed by atoms with Crippen LogP contribution in [0.1, 0.15) is 5.56 Å². The van der Waals surface area contributed by atoms with Gasteiger partial charge in [-0.2, -0.15) is 0 Å². The van der Waals surface area contributed by atoms with Crippen LogP contribution in [0.25, 0.3) is 0 Å². The van der Waals surface area contributed by atoms with Gasteiger partial charge in [-0.25, -0.2) is 0 Å². The molecule has 0 aliphatic heterocycles. The Bertz CT molecular complexity index is 556. The normalized spacial score (nSPS) is 10.4. The van der Waals surface area contributed by atoms with E-state index in [0.717, 1.165) is 15.7 Å². The van der Waals surface area contributed by atoms with E-state index in [-0.39, 0.29) is 0 Å². The molecule has 2 aromatic rings. The molecule has 94 valence electrons. The standard InChI is InChI=1S/C13H11BrCl2N2/c1-7-2-8(14)4-10(3-7)18-13-11(15)5-9(17)6-12(13)16/h2-6,18H,17H2,1H3. The lowest BCUT2D eigenvalue weighted by Gasteiger charge is -2.12. The molecule has 0 amide bonds. The van der Waals surface area contributed by atoms with Crippen molar-refractivity contribution in [1.82, 2.24) is 0 Å². The van der Waals surface area contributed by atoms with Crippen molar-refractivity contribution in [2.75, 3.05) is 11.1 Å². The summed E-state index contributed by atoms with van der Waals surface area (Å²) in [5, 5.41) is 4.20. The summed E-state index contributed by atoms with van der Waals surface area (Å²) in [6, 6.07) is 9.32. The number of rotatable bonds is 2. The highest BCUT2D eigenvalue weighted by Crippen LogP contribution is 2.35. The zero-order valence-electron chi connectivity index (χ0n) is 9.60. The van der Waals surface area contributed by atoms with Crippen molar-refractivity contribution in [3.8, 4) is 0 Å². The topological polar surface area (TPSA) is 38.0 Å². The molecule has 0 radical (unpaired) electrons. The van der Waals surface area contributed by atoms with Crippen LogP contribution in [-0.2, 0) is 0 Å². The highest BCUT2D eigenvalue weighted by Gasteiger charge is 2.08. The first-order valence-electron chi connectivity index (χ1n) is 5.24. The number of halogens is 3. The molecule has 0 unspecified atom stereocenters. The molecular weight excluding hydrogens is 335 g/mol. The second-order valence-electron chi connectivity index (χ2n) is 4.00. The fraction of sp³-hybridized carbons (Fsp3) is 0.0769.